The van der Waals surface area contributed by atoms with Crippen molar-refractivity contribution in [2.24, 2.45) is 5.73 Å². The van der Waals surface area contributed by atoms with Gasteiger partial charge in [0.05, 0.1) is 0 Å². The minimum atomic E-state index is -2.84. The van der Waals surface area contributed by atoms with E-state index in [-0.39, 0.29) is 5.91 Å². The number of fused-ring (bicyclic) bond motifs is 1. The van der Waals surface area contributed by atoms with Gasteiger partial charge in [-0.3, -0.25) is 4.79 Å². The number of carbonyl (C=O) groups is 1. The number of nitrogens with zero attached hydrogens (tertiary/aromatic N) is 5. The van der Waals surface area contributed by atoms with Crippen LogP contribution in [0.5, 0.6) is 0 Å². The molecule has 2 aliphatic rings. The van der Waals surface area contributed by atoms with Crippen LogP contribution in [0.1, 0.15) is 83.6 Å². The summed E-state index contributed by atoms with van der Waals surface area (Å²) in [7, 11) is 0. The first kappa shape index (κ1) is 33.9. The van der Waals surface area contributed by atoms with Crippen molar-refractivity contribution < 1.29 is 9.53 Å². The molecule has 0 aliphatic carbocycles. The number of nitrogens with two attached hydrogens (primary N) is 1. The zero-order valence-corrected chi connectivity index (χ0v) is 30.9. The molecule has 42 heavy (non-hydrogen) atoms. The molecule has 0 saturated carbocycles. The number of hydrogen-bond acceptors (Lipinski definition) is 8. The first-order valence-corrected chi connectivity index (χ1v) is 24.9. The van der Waals surface area contributed by atoms with Gasteiger partial charge in [-0.25, -0.2) is 0 Å². The third-order valence-electron chi connectivity index (χ3n) is 9.79. The van der Waals surface area contributed by atoms with E-state index in [1.807, 2.05) is 25.2 Å². The number of primary amides is 1. The SMILES string of the molecule is CCC[CH2][Sn]([CH2]CCC)([CH2]CCC)[c]1nc(N2CCOCC2)c2sc(CN3CCN(C(C)(C)C(N)=O)CC3)c(C)c2n1. The van der Waals surface area contributed by atoms with Gasteiger partial charge in [0.15, 0.2) is 0 Å². The number of unbranched alkanes of at least 4 members (excludes halogenated alkanes) is 3. The molecule has 236 valence electrons. The number of hydrogen-bond donors (Lipinski definition) is 1. The molecule has 10 heteroatoms. The van der Waals surface area contributed by atoms with Gasteiger partial charge in [0.2, 0.25) is 0 Å². The Labute approximate surface area is 262 Å². The van der Waals surface area contributed by atoms with E-state index in [2.05, 4.69) is 42.4 Å². The Balaban J connectivity index is 1.71. The van der Waals surface area contributed by atoms with E-state index < -0.39 is 23.9 Å². The van der Waals surface area contributed by atoms with Crippen LogP contribution in [0, 0.1) is 6.92 Å². The molecule has 0 unspecified atom stereocenters. The van der Waals surface area contributed by atoms with E-state index in [0.29, 0.717) is 0 Å². The number of morpholine rings is 1. The molecular weight excluding hydrogens is 651 g/mol. The maximum absolute atomic E-state index is 12.0. The van der Waals surface area contributed by atoms with Crippen LogP contribution in [0.2, 0.25) is 13.3 Å². The minimum absolute atomic E-state index is 0.250. The molecule has 0 spiro atoms. The third-order valence-corrected chi connectivity index (χ3v) is 25.6. The van der Waals surface area contributed by atoms with Crippen molar-refractivity contribution in [1.82, 2.24) is 19.8 Å². The molecule has 4 heterocycles. The van der Waals surface area contributed by atoms with Crippen LogP contribution < -0.4 is 14.5 Å². The van der Waals surface area contributed by atoms with Crippen LogP contribution in [-0.4, -0.2) is 102 Å². The molecule has 4 rings (SSSR count). The maximum atomic E-state index is 12.0. The number of carbonyl (C=O) groups excluding carboxylic acids is 1. The Hall–Kier alpha value is -1.01. The summed E-state index contributed by atoms with van der Waals surface area (Å²) in [4.78, 5) is 31.9. The summed E-state index contributed by atoms with van der Waals surface area (Å²) in [6.07, 6.45) is 7.68. The van der Waals surface area contributed by atoms with Gasteiger partial charge in [-0.1, -0.05) is 0 Å². The van der Waals surface area contributed by atoms with Crippen molar-refractivity contribution in [2.75, 3.05) is 57.4 Å². The van der Waals surface area contributed by atoms with Gasteiger partial charge in [0.25, 0.3) is 0 Å². The van der Waals surface area contributed by atoms with Crippen LogP contribution in [0.25, 0.3) is 10.2 Å². The fraction of sp³-hybridized carbons (Fsp3) is 0.781. The summed E-state index contributed by atoms with van der Waals surface area (Å²) < 4.78 is 12.4. The zero-order valence-electron chi connectivity index (χ0n) is 27.3. The third kappa shape index (κ3) is 7.61. The predicted octanol–water partition coefficient (Wildman–Crippen LogP) is 5.27. The fourth-order valence-electron chi connectivity index (χ4n) is 6.58. The molecule has 2 N–H and O–H groups in total. The molecule has 8 nitrogen and oxygen atoms in total. The molecule has 0 aromatic carbocycles. The number of rotatable bonds is 15. The van der Waals surface area contributed by atoms with Crippen molar-refractivity contribution in [1.29, 1.82) is 0 Å². The summed E-state index contributed by atoms with van der Waals surface area (Å²) in [6, 6.07) is 0. The standard InChI is InChI=1S/C20H29N6O2S.3C4H9.Sn/c1-14-15(12-24-4-6-26(7-5-24)20(2,3)19(21)27)29-17-16(14)22-13-23-18(17)25-8-10-28-11-9-25;3*1-3-4-2;/h4-12H2,1-3H3,(H2,21,27);3*1,3-4H2,2H3;. The summed E-state index contributed by atoms with van der Waals surface area (Å²) in [5.41, 5.74) is 7.65. The van der Waals surface area contributed by atoms with E-state index >= 15 is 0 Å². The molecule has 0 atom stereocenters. The Morgan fingerprint density at radius 2 is 1.50 bits per heavy atom. The average Bonchev–Trinajstić information content (AvgIpc) is 3.31. The van der Waals surface area contributed by atoms with Crippen molar-refractivity contribution in [2.45, 2.75) is 105 Å². The van der Waals surface area contributed by atoms with E-state index in [0.717, 1.165) is 59.0 Å². The summed E-state index contributed by atoms with van der Waals surface area (Å²) >= 11 is -0.933. The van der Waals surface area contributed by atoms with Gasteiger partial charge in [-0.05, 0) is 0 Å². The zero-order chi connectivity index (χ0) is 30.3. The predicted molar refractivity (Wildman–Crippen MR) is 180 cm³/mol. The van der Waals surface area contributed by atoms with Crippen LogP contribution in [0.15, 0.2) is 0 Å². The second kappa shape index (κ2) is 15.3. The van der Waals surface area contributed by atoms with E-state index in [9.17, 15) is 4.79 Å². The second-order valence-corrected chi connectivity index (χ2v) is 27.0. The molecule has 2 aromatic rings. The van der Waals surface area contributed by atoms with Gasteiger partial charge < -0.3 is 5.73 Å². The Kier molecular flexibility index (Phi) is 12.4. The molecule has 2 saturated heterocycles. The number of piperazine rings is 1. The average molecular weight is 708 g/mol. The molecule has 1 amide bonds. The summed E-state index contributed by atoms with van der Waals surface area (Å²) in [5, 5.41) is 0. The molecule has 2 aromatic heterocycles. The monoisotopic (exact) mass is 708 g/mol. The first-order chi connectivity index (χ1) is 20.2. The first-order valence-electron chi connectivity index (χ1n) is 16.6. The van der Waals surface area contributed by atoms with Crippen molar-refractivity contribution in [3.05, 3.63) is 10.4 Å². The van der Waals surface area contributed by atoms with Crippen molar-refractivity contribution in [3.63, 3.8) is 0 Å². The van der Waals surface area contributed by atoms with Gasteiger partial charge in [0, 0.05) is 0 Å². The second-order valence-electron chi connectivity index (χ2n) is 13.1. The molecular formula is C32H56N6O2SSn. The fourth-order valence-corrected chi connectivity index (χ4v) is 22.7. The molecule has 2 fully saturated rings. The molecule has 0 radical (unpaired) electrons. The Bertz CT molecular complexity index is 1150. The van der Waals surface area contributed by atoms with Crippen LogP contribution in [-0.2, 0) is 16.1 Å². The quantitative estimate of drug-likeness (QED) is 0.253. The van der Waals surface area contributed by atoms with Gasteiger partial charge in [0.1, 0.15) is 0 Å². The normalized spacial score (nSPS) is 17.8. The van der Waals surface area contributed by atoms with E-state index in [1.54, 1.807) is 0 Å². The number of amides is 1. The van der Waals surface area contributed by atoms with Crippen LogP contribution in [0.4, 0.5) is 5.82 Å². The van der Waals surface area contributed by atoms with Crippen LogP contribution in [0.3, 0.4) is 0 Å². The number of aryl methyl sites for hydroxylation is 1. The van der Waals surface area contributed by atoms with Gasteiger partial charge >= 0.3 is 253 Å². The number of thiophene rings is 1. The van der Waals surface area contributed by atoms with Crippen LogP contribution >= 0.6 is 11.3 Å². The molecule has 2 aliphatic heterocycles. The number of aromatic nitrogens is 2. The Morgan fingerprint density at radius 1 is 0.929 bits per heavy atom. The summed E-state index contributed by atoms with van der Waals surface area (Å²) in [6.45, 7) is 21.0. The Morgan fingerprint density at radius 3 is 2.02 bits per heavy atom. The van der Waals surface area contributed by atoms with Gasteiger partial charge in [-0.2, -0.15) is 0 Å². The molecule has 0 bridgehead atoms. The van der Waals surface area contributed by atoms with E-state index in [4.69, 9.17) is 20.4 Å². The van der Waals surface area contributed by atoms with Gasteiger partial charge in [-0.15, -0.1) is 0 Å². The van der Waals surface area contributed by atoms with Crippen molar-refractivity contribution >= 4 is 55.5 Å². The van der Waals surface area contributed by atoms with Crippen molar-refractivity contribution in [3.8, 4) is 0 Å². The number of ether oxygens (including phenoxy) is 1. The summed E-state index contributed by atoms with van der Waals surface area (Å²) in [5.74, 6) is 0.927. The number of anilines is 1. The topological polar surface area (TPSA) is 87.8 Å². The van der Waals surface area contributed by atoms with E-state index in [1.165, 1.54) is 82.2 Å².